The molecule has 0 unspecified atom stereocenters. The van der Waals surface area contributed by atoms with Crippen LogP contribution in [-0.2, 0) is 11.3 Å². The lowest BCUT2D eigenvalue weighted by molar-refractivity contribution is -0.127. The van der Waals surface area contributed by atoms with Crippen molar-refractivity contribution < 1.29 is 9.90 Å². The SMILES string of the molecule is NC1(C(=O)NCc2ccc(O)cc2)CCCCC1. The summed E-state index contributed by atoms with van der Waals surface area (Å²) in [7, 11) is 0. The van der Waals surface area contributed by atoms with Gasteiger partial charge in [0.2, 0.25) is 5.91 Å². The van der Waals surface area contributed by atoms with Crippen molar-refractivity contribution in [1.82, 2.24) is 5.32 Å². The minimum Gasteiger partial charge on any atom is -0.508 e. The maximum absolute atomic E-state index is 12.1. The van der Waals surface area contributed by atoms with Crippen LogP contribution in [0.5, 0.6) is 5.75 Å². The van der Waals surface area contributed by atoms with E-state index in [0.29, 0.717) is 6.54 Å². The number of carbonyl (C=O) groups is 1. The largest absolute Gasteiger partial charge is 0.508 e. The number of nitrogens with one attached hydrogen (secondary N) is 1. The molecule has 98 valence electrons. The van der Waals surface area contributed by atoms with Crippen LogP contribution >= 0.6 is 0 Å². The van der Waals surface area contributed by atoms with Gasteiger partial charge in [-0.1, -0.05) is 31.4 Å². The van der Waals surface area contributed by atoms with Gasteiger partial charge < -0.3 is 16.2 Å². The Morgan fingerprint density at radius 1 is 1.22 bits per heavy atom. The highest BCUT2D eigenvalue weighted by Crippen LogP contribution is 2.26. The Bertz CT molecular complexity index is 408. The van der Waals surface area contributed by atoms with E-state index in [0.717, 1.165) is 31.2 Å². The van der Waals surface area contributed by atoms with Crippen molar-refractivity contribution in [1.29, 1.82) is 0 Å². The van der Waals surface area contributed by atoms with Gasteiger partial charge >= 0.3 is 0 Å². The summed E-state index contributed by atoms with van der Waals surface area (Å²) in [5, 5.41) is 12.1. The van der Waals surface area contributed by atoms with Gasteiger partial charge in [-0.15, -0.1) is 0 Å². The number of nitrogens with two attached hydrogens (primary N) is 1. The highest BCUT2D eigenvalue weighted by molar-refractivity contribution is 5.86. The summed E-state index contributed by atoms with van der Waals surface area (Å²) in [6.07, 6.45) is 4.78. The second kappa shape index (κ2) is 5.40. The molecule has 4 nitrogen and oxygen atoms in total. The third kappa shape index (κ3) is 3.01. The molecule has 1 saturated carbocycles. The predicted molar refractivity (Wildman–Crippen MR) is 70.0 cm³/mol. The Hall–Kier alpha value is -1.55. The van der Waals surface area contributed by atoms with Gasteiger partial charge in [-0.3, -0.25) is 4.79 Å². The van der Waals surface area contributed by atoms with E-state index in [1.807, 2.05) is 0 Å². The van der Waals surface area contributed by atoms with Crippen LogP contribution in [0, 0.1) is 0 Å². The molecule has 0 aliphatic heterocycles. The Kier molecular flexibility index (Phi) is 3.87. The molecule has 0 radical (unpaired) electrons. The van der Waals surface area contributed by atoms with Crippen LogP contribution in [0.4, 0.5) is 0 Å². The average molecular weight is 248 g/mol. The summed E-state index contributed by atoms with van der Waals surface area (Å²) in [6.45, 7) is 0.456. The van der Waals surface area contributed by atoms with Crippen molar-refractivity contribution in [3.8, 4) is 5.75 Å². The Morgan fingerprint density at radius 2 is 1.83 bits per heavy atom. The summed E-state index contributed by atoms with van der Waals surface area (Å²) in [5.74, 6) is 0.169. The van der Waals surface area contributed by atoms with Gasteiger partial charge in [-0.25, -0.2) is 0 Å². The molecule has 4 N–H and O–H groups in total. The van der Waals surface area contributed by atoms with Crippen LogP contribution in [0.25, 0.3) is 0 Å². The zero-order valence-electron chi connectivity index (χ0n) is 10.5. The first-order valence-corrected chi connectivity index (χ1v) is 6.45. The number of rotatable bonds is 3. The Balaban J connectivity index is 1.89. The van der Waals surface area contributed by atoms with E-state index in [1.165, 1.54) is 6.42 Å². The van der Waals surface area contributed by atoms with Crippen LogP contribution in [0.15, 0.2) is 24.3 Å². The van der Waals surface area contributed by atoms with Crippen molar-refractivity contribution in [3.63, 3.8) is 0 Å². The Labute approximate surface area is 107 Å². The van der Waals surface area contributed by atoms with Crippen LogP contribution in [0.1, 0.15) is 37.7 Å². The van der Waals surface area contributed by atoms with Gasteiger partial charge in [-0.2, -0.15) is 0 Å². The molecule has 0 aromatic heterocycles. The van der Waals surface area contributed by atoms with Crippen molar-refractivity contribution in [3.05, 3.63) is 29.8 Å². The van der Waals surface area contributed by atoms with Gasteiger partial charge in [0, 0.05) is 6.54 Å². The number of aromatic hydroxyl groups is 1. The summed E-state index contributed by atoms with van der Waals surface area (Å²) in [6, 6.07) is 6.81. The first-order chi connectivity index (χ1) is 8.60. The molecule has 0 bridgehead atoms. The fraction of sp³-hybridized carbons (Fsp3) is 0.500. The molecular formula is C14H20N2O2. The van der Waals surface area contributed by atoms with Gasteiger partial charge in [0.25, 0.3) is 0 Å². The zero-order valence-corrected chi connectivity index (χ0v) is 10.5. The van der Waals surface area contributed by atoms with E-state index in [2.05, 4.69) is 5.32 Å². The van der Waals surface area contributed by atoms with Crippen LogP contribution in [-0.4, -0.2) is 16.6 Å². The number of hydrogen-bond acceptors (Lipinski definition) is 3. The molecule has 0 heterocycles. The zero-order chi connectivity index (χ0) is 13.0. The van der Waals surface area contributed by atoms with Crippen LogP contribution in [0.2, 0.25) is 0 Å². The lowest BCUT2D eigenvalue weighted by atomic mass is 9.82. The molecule has 0 atom stereocenters. The second-order valence-electron chi connectivity index (χ2n) is 5.07. The third-order valence-corrected chi connectivity index (χ3v) is 3.59. The molecule has 1 amide bonds. The highest BCUT2D eigenvalue weighted by atomic mass is 16.3. The second-order valence-corrected chi connectivity index (χ2v) is 5.07. The van der Waals surface area contributed by atoms with Gasteiger partial charge in [0.1, 0.15) is 5.75 Å². The molecule has 2 rings (SSSR count). The first-order valence-electron chi connectivity index (χ1n) is 6.45. The molecule has 0 saturated heterocycles. The highest BCUT2D eigenvalue weighted by Gasteiger charge is 2.34. The lowest BCUT2D eigenvalue weighted by Gasteiger charge is -2.31. The number of phenols is 1. The van der Waals surface area contributed by atoms with E-state index in [9.17, 15) is 9.90 Å². The van der Waals surface area contributed by atoms with E-state index < -0.39 is 5.54 Å². The molecule has 1 fully saturated rings. The smallest absolute Gasteiger partial charge is 0.240 e. The molecule has 0 spiro atoms. The third-order valence-electron chi connectivity index (χ3n) is 3.59. The van der Waals surface area contributed by atoms with Crippen molar-refractivity contribution >= 4 is 5.91 Å². The fourth-order valence-corrected chi connectivity index (χ4v) is 2.38. The standard InChI is InChI=1S/C14H20N2O2/c15-14(8-2-1-3-9-14)13(18)16-10-11-4-6-12(17)7-5-11/h4-7,17H,1-3,8-10,15H2,(H,16,18). The maximum atomic E-state index is 12.1. The van der Waals surface area contributed by atoms with Crippen LogP contribution < -0.4 is 11.1 Å². The Morgan fingerprint density at radius 3 is 2.44 bits per heavy atom. The number of hydrogen-bond donors (Lipinski definition) is 3. The summed E-state index contributed by atoms with van der Waals surface area (Å²) >= 11 is 0. The first kappa shape index (κ1) is 12.9. The predicted octanol–water partition coefficient (Wildman–Crippen LogP) is 1.67. The van der Waals surface area contributed by atoms with Crippen molar-refractivity contribution in [2.75, 3.05) is 0 Å². The normalized spacial score (nSPS) is 18.3. The maximum Gasteiger partial charge on any atom is 0.240 e. The minimum atomic E-state index is -0.685. The fourth-order valence-electron chi connectivity index (χ4n) is 2.38. The van der Waals surface area contributed by atoms with Crippen molar-refractivity contribution in [2.24, 2.45) is 5.73 Å². The van der Waals surface area contributed by atoms with E-state index >= 15 is 0 Å². The summed E-state index contributed by atoms with van der Waals surface area (Å²) in [5.41, 5.74) is 6.41. The number of amides is 1. The summed E-state index contributed by atoms with van der Waals surface area (Å²) < 4.78 is 0. The quantitative estimate of drug-likeness (QED) is 0.761. The lowest BCUT2D eigenvalue weighted by Crippen LogP contribution is -2.54. The number of benzene rings is 1. The van der Waals surface area contributed by atoms with Gasteiger partial charge in [0.05, 0.1) is 5.54 Å². The topological polar surface area (TPSA) is 75.4 Å². The van der Waals surface area contributed by atoms with Crippen LogP contribution in [0.3, 0.4) is 0 Å². The van der Waals surface area contributed by atoms with E-state index in [4.69, 9.17) is 5.73 Å². The van der Waals surface area contributed by atoms with Crippen molar-refractivity contribution in [2.45, 2.75) is 44.2 Å². The van der Waals surface area contributed by atoms with Gasteiger partial charge in [-0.05, 0) is 30.5 Å². The average Bonchev–Trinajstić information content (AvgIpc) is 2.38. The molecule has 18 heavy (non-hydrogen) atoms. The number of carbonyl (C=O) groups excluding carboxylic acids is 1. The molecule has 1 aliphatic rings. The van der Waals surface area contributed by atoms with Gasteiger partial charge in [0.15, 0.2) is 0 Å². The van der Waals surface area contributed by atoms with E-state index in [1.54, 1.807) is 24.3 Å². The van der Waals surface area contributed by atoms with E-state index in [-0.39, 0.29) is 11.7 Å². The number of phenolic OH excluding ortho intramolecular Hbond substituents is 1. The monoisotopic (exact) mass is 248 g/mol. The molecule has 1 aromatic rings. The molecule has 1 aromatic carbocycles. The molecular weight excluding hydrogens is 228 g/mol. The minimum absolute atomic E-state index is 0.0599. The summed E-state index contributed by atoms with van der Waals surface area (Å²) in [4.78, 5) is 12.1. The molecule has 4 heteroatoms. The molecule has 1 aliphatic carbocycles.